The number of benzene rings is 1. The summed E-state index contributed by atoms with van der Waals surface area (Å²) in [6.45, 7) is 1.46. The van der Waals surface area contributed by atoms with Gasteiger partial charge >= 0.3 is 0 Å². The van der Waals surface area contributed by atoms with E-state index in [-0.39, 0.29) is 11.7 Å². The highest BCUT2D eigenvalue weighted by atomic mass is 19.2. The van der Waals surface area contributed by atoms with E-state index in [1.54, 1.807) is 0 Å². The van der Waals surface area contributed by atoms with Crippen molar-refractivity contribution < 1.29 is 19.0 Å². The lowest BCUT2D eigenvalue weighted by atomic mass is 9.82. The molecule has 0 radical (unpaired) electrons. The monoisotopic (exact) mass is 285 g/mol. The Labute approximate surface area is 117 Å². The van der Waals surface area contributed by atoms with E-state index in [4.69, 9.17) is 0 Å². The maximum Gasteiger partial charge on any atom is 0.164 e. The number of halogens is 2. The molecule has 0 saturated heterocycles. The third-order valence-corrected chi connectivity index (χ3v) is 3.91. The molecule has 5 heteroatoms. The van der Waals surface area contributed by atoms with Crippen LogP contribution in [0.2, 0.25) is 0 Å². The Balaban J connectivity index is 1.79. The van der Waals surface area contributed by atoms with Gasteiger partial charge in [0.2, 0.25) is 0 Å². The first-order chi connectivity index (χ1) is 9.47. The quantitative estimate of drug-likeness (QED) is 0.841. The summed E-state index contributed by atoms with van der Waals surface area (Å²) in [5.74, 6) is -1.40. The van der Waals surface area contributed by atoms with Crippen molar-refractivity contribution in [1.29, 1.82) is 0 Å². The Hall–Kier alpha value is -1.04. The second kappa shape index (κ2) is 6.61. The molecule has 112 valence electrons. The minimum absolute atomic E-state index is 0.0115. The van der Waals surface area contributed by atoms with Gasteiger partial charge in [-0.3, -0.25) is 0 Å². The highest BCUT2D eigenvalue weighted by Gasteiger charge is 2.28. The molecule has 0 amide bonds. The molecule has 20 heavy (non-hydrogen) atoms. The summed E-state index contributed by atoms with van der Waals surface area (Å²) in [5, 5.41) is 19.2. The Morgan fingerprint density at radius 1 is 1.35 bits per heavy atom. The van der Waals surface area contributed by atoms with Crippen molar-refractivity contribution in [2.75, 3.05) is 20.1 Å². The molecular weight excluding hydrogens is 264 g/mol. The van der Waals surface area contributed by atoms with Crippen LogP contribution in [0.3, 0.4) is 0 Å². The molecule has 1 fully saturated rings. The summed E-state index contributed by atoms with van der Waals surface area (Å²) < 4.78 is 26.6. The van der Waals surface area contributed by atoms with Crippen LogP contribution in [0.5, 0.6) is 0 Å². The van der Waals surface area contributed by atoms with Gasteiger partial charge in [-0.1, -0.05) is 12.1 Å². The van der Waals surface area contributed by atoms with E-state index < -0.39 is 17.7 Å². The van der Waals surface area contributed by atoms with Gasteiger partial charge in [0.15, 0.2) is 11.6 Å². The van der Waals surface area contributed by atoms with Crippen LogP contribution in [0.1, 0.15) is 30.9 Å². The van der Waals surface area contributed by atoms with Crippen LogP contribution in [-0.4, -0.2) is 41.4 Å². The van der Waals surface area contributed by atoms with Crippen molar-refractivity contribution in [2.45, 2.75) is 31.5 Å². The van der Waals surface area contributed by atoms with Gasteiger partial charge in [-0.25, -0.2) is 8.78 Å². The Kier molecular flexibility index (Phi) is 5.07. The number of aliphatic hydroxyl groups is 2. The highest BCUT2D eigenvalue weighted by Crippen LogP contribution is 2.28. The van der Waals surface area contributed by atoms with Crippen molar-refractivity contribution >= 4 is 0 Å². The largest absolute Gasteiger partial charge is 0.393 e. The molecule has 1 aromatic carbocycles. The molecule has 1 atom stereocenters. The molecule has 1 aliphatic rings. The predicted molar refractivity (Wildman–Crippen MR) is 72.2 cm³/mol. The minimum Gasteiger partial charge on any atom is -0.393 e. The summed E-state index contributed by atoms with van der Waals surface area (Å²) in [6.07, 6.45) is 0.837. The van der Waals surface area contributed by atoms with Gasteiger partial charge in [0, 0.05) is 18.7 Å². The first-order valence-corrected chi connectivity index (χ1v) is 6.96. The van der Waals surface area contributed by atoms with Gasteiger partial charge in [0.1, 0.15) is 0 Å². The summed E-state index contributed by atoms with van der Waals surface area (Å²) in [5.41, 5.74) is 0.0115. The van der Waals surface area contributed by atoms with E-state index in [9.17, 15) is 19.0 Å². The van der Waals surface area contributed by atoms with Crippen molar-refractivity contribution in [3.8, 4) is 0 Å². The number of hydrogen-bond acceptors (Lipinski definition) is 3. The molecule has 0 spiro atoms. The molecule has 0 heterocycles. The molecule has 0 bridgehead atoms. The standard InChI is InChI=1S/C15H21F2NO2/c1-18(9-10-7-11(19)8-10)6-5-14(20)12-3-2-4-13(16)15(12)17/h2-4,10-11,14,19-20H,5-9H2,1H3. The van der Waals surface area contributed by atoms with Gasteiger partial charge in [0.25, 0.3) is 0 Å². The molecule has 1 unspecified atom stereocenters. The molecule has 1 saturated carbocycles. The molecule has 3 nitrogen and oxygen atoms in total. The van der Waals surface area contributed by atoms with Gasteiger partial charge < -0.3 is 15.1 Å². The second-order valence-corrected chi connectivity index (χ2v) is 5.70. The lowest BCUT2D eigenvalue weighted by Crippen LogP contribution is -2.37. The molecule has 1 aromatic rings. The zero-order chi connectivity index (χ0) is 14.7. The average molecular weight is 285 g/mol. The number of rotatable bonds is 6. The molecule has 2 N–H and O–H groups in total. The van der Waals surface area contributed by atoms with Crippen LogP contribution in [0.25, 0.3) is 0 Å². The van der Waals surface area contributed by atoms with Crippen LogP contribution in [0.15, 0.2) is 18.2 Å². The molecular formula is C15H21F2NO2. The molecule has 2 rings (SSSR count). The van der Waals surface area contributed by atoms with Gasteiger partial charge in [0.05, 0.1) is 12.2 Å². The topological polar surface area (TPSA) is 43.7 Å². The van der Waals surface area contributed by atoms with Crippen LogP contribution >= 0.6 is 0 Å². The predicted octanol–water partition coefficient (Wildman–Crippen LogP) is 2.09. The molecule has 1 aliphatic carbocycles. The summed E-state index contributed by atoms with van der Waals surface area (Å²) in [7, 11) is 1.93. The van der Waals surface area contributed by atoms with Gasteiger partial charge in [-0.05, 0) is 38.3 Å². The van der Waals surface area contributed by atoms with Crippen LogP contribution in [-0.2, 0) is 0 Å². The highest BCUT2D eigenvalue weighted by molar-refractivity contribution is 5.21. The van der Waals surface area contributed by atoms with E-state index in [1.807, 2.05) is 7.05 Å². The van der Waals surface area contributed by atoms with E-state index in [2.05, 4.69) is 4.90 Å². The molecule has 0 aliphatic heterocycles. The first kappa shape index (κ1) is 15.4. The van der Waals surface area contributed by atoms with Gasteiger partial charge in [-0.15, -0.1) is 0 Å². The smallest absolute Gasteiger partial charge is 0.164 e. The fraction of sp³-hybridized carbons (Fsp3) is 0.600. The van der Waals surface area contributed by atoms with E-state index in [0.29, 0.717) is 18.9 Å². The summed E-state index contributed by atoms with van der Waals surface area (Å²) in [4.78, 5) is 2.05. The van der Waals surface area contributed by atoms with E-state index in [0.717, 1.165) is 25.5 Å². The average Bonchev–Trinajstić information content (AvgIpc) is 2.37. The Morgan fingerprint density at radius 3 is 2.70 bits per heavy atom. The zero-order valence-electron chi connectivity index (χ0n) is 11.6. The minimum atomic E-state index is -1.000. The first-order valence-electron chi connectivity index (χ1n) is 6.96. The third-order valence-electron chi connectivity index (χ3n) is 3.91. The van der Waals surface area contributed by atoms with Crippen molar-refractivity contribution in [3.63, 3.8) is 0 Å². The SMILES string of the molecule is CN(CCC(O)c1cccc(F)c1F)CC1CC(O)C1. The zero-order valence-corrected chi connectivity index (χ0v) is 11.6. The number of hydrogen-bond donors (Lipinski definition) is 2. The summed E-state index contributed by atoms with van der Waals surface area (Å²) in [6, 6.07) is 3.85. The number of nitrogens with zero attached hydrogens (tertiary/aromatic N) is 1. The van der Waals surface area contributed by atoms with Crippen molar-refractivity contribution in [1.82, 2.24) is 4.90 Å². The Bertz CT molecular complexity index is 449. The fourth-order valence-corrected chi connectivity index (χ4v) is 2.66. The second-order valence-electron chi connectivity index (χ2n) is 5.70. The van der Waals surface area contributed by atoms with E-state index >= 15 is 0 Å². The fourth-order valence-electron chi connectivity index (χ4n) is 2.66. The number of aliphatic hydroxyl groups excluding tert-OH is 2. The van der Waals surface area contributed by atoms with Gasteiger partial charge in [-0.2, -0.15) is 0 Å². The van der Waals surface area contributed by atoms with Crippen molar-refractivity contribution in [3.05, 3.63) is 35.4 Å². The third kappa shape index (κ3) is 3.75. The Morgan fingerprint density at radius 2 is 2.05 bits per heavy atom. The summed E-state index contributed by atoms with van der Waals surface area (Å²) >= 11 is 0. The van der Waals surface area contributed by atoms with Crippen LogP contribution in [0, 0.1) is 17.6 Å². The van der Waals surface area contributed by atoms with Crippen LogP contribution < -0.4 is 0 Å². The normalized spacial score (nSPS) is 23.7. The maximum atomic E-state index is 13.5. The van der Waals surface area contributed by atoms with Crippen LogP contribution in [0.4, 0.5) is 8.78 Å². The lowest BCUT2D eigenvalue weighted by molar-refractivity contribution is 0.0261. The van der Waals surface area contributed by atoms with E-state index in [1.165, 1.54) is 12.1 Å². The lowest BCUT2D eigenvalue weighted by Gasteiger charge is -2.34. The maximum absolute atomic E-state index is 13.5. The van der Waals surface area contributed by atoms with Crippen molar-refractivity contribution in [2.24, 2.45) is 5.92 Å². The molecule has 0 aromatic heterocycles.